The van der Waals surface area contributed by atoms with E-state index >= 15 is 0 Å². The van der Waals surface area contributed by atoms with Crippen LogP contribution in [-0.2, 0) is 4.74 Å². The third kappa shape index (κ3) is 4.45. The Morgan fingerprint density at radius 1 is 1.29 bits per heavy atom. The Balaban J connectivity index is 2.23. The average molecular weight is 291 g/mol. The van der Waals surface area contributed by atoms with Gasteiger partial charge in [-0.25, -0.2) is 0 Å². The fourth-order valence-corrected chi connectivity index (χ4v) is 2.77. The molecule has 1 N–H and O–H groups in total. The number of hydrogen-bond acceptors (Lipinski definition) is 3. The van der Waals surface area contributed by atoms with Crippen molar-refractivity contribution in [2.45, 2.75) is 58.8 Å². The van der Waals surface area contributed by atoms with E-state index in [9.17, 15) is 0 Å². The second-order valence-electron chi connectivity index (χ2n) is 6.95. The van der Waals surface area contributed by atoms with Crippen molar-refractivity contribution in [1.82, 2.24) is 5.32 Å². The fourth-order valence-electron chi connectivity index (χ4n) is 2.77. The molecular weight excluding hydrogens is 262 g/mol. The maximum atomic E-state index is 5.92. The zero-order chi connectivity index (χ0) is 15.5. The van der Waals surface area contributed by atoms with Crippen LogP contribution in [0.2, 0.25) is 0 Å². The van der Waals surface area contributed by atoms with Crippen LogP contribution in [0.3, 0.4) is 0 Å². The van der Waals surface area contributed by atoms with E-state index in [0.717, 1.165) is 12.3 Å². The molecule has 0 heterocycles. The molecule has 1 aromatic carbocycles. The fraction of sp³-hybridized carbons (Fsp3) is 0.667. The van der Waals surface area contributed by atoms with Crippen molar-refractivity contribution in [3.8, 4) is 5.75 Å². The summed E-state index contributed by atoms with van der Waals surface area (Å²) in [6.45, 7) is 9.70. The van der Waals surface area contributed by atoms with E-state index in [4.69, 9.17) is 9.47 Å². The molecular formula is C18H29NO2. The minimum atomic E-state index is 0.0644. The summed E-state index contributed by atoms with van der Waals surface area (Å²) in [6.07, 6.45) is 2.90. The number of likely N-dealkylation sites (N-methyl/N-ethyl adjacent to an activating group) is 1. The van der Waals surface area contributed by atoms with Crippen molar-refractivity contribution >= 4 is 0 Å². The van der Waals surface area contributed by atoms with E-state index in [1.807, 2.05) is 6.07 Å². The van der Waals surface area contributed by atoms with Crippen molar-refractivity contribution in [2.24, 2.45) is 5.41 Å². The van der Waals surface area contributed by atoms with Crippen molar-refractivity contribution in [3.05, 3.63) is 29.8 Å². The van der Waals surface area contributed by atoms with Crippen molar-refractivity contribution in [2.75, 3.05) is 13.7 Å². The van der Waals surface area contributed by atoms with E-state index in [0.29, 0.717) is 6.10 Å². The molecule has 2 atom stereocenters. The molecule has 0 saturated heterocycles. The summed E-state index contributed by atoms with van der Waals surface area (Å²) in [4.78, 5) is 0. The Labute approximate surface area is 129 Å². The topological polar surface area (TPSA) is 30.5 Å². The first-order valence-electron chi connectivity index (χ1n) is 7.98. The molecule has 118 valence electrons. The summed E-state index contributed by atoms with van der Waals surface area (Å²) in [5.41, 5.74) is 1.30. The first kappa shape index (κ1) is 16.3. The highest BCUT2D eigenvalue weighted by atomic mass is 16.5. The molecule has 1 aliphatic rings. The molecule has 2 unspecified atom stereocenters. The lowest BCUT2D eigenvalue weighted by atomic mass is 9.82. The summed E-state index contributed by atoms with van der Waals surface area (Å²) in [5.74, 6) is 0.974. The van der Waals surface area contributed by atoms with E-state index < -0.39 is 0 Å². The number of benzene rings is 1. The summed E-state index contributed by atoms with van der Waals surface area (Å²) in [6, 6.07) is 8.60. The molecule has 1 fully saturated rings. The highest BCUT2D eigenvalue weighted by molar-refractivity contribution is 5.32. The molecule has 1 aromatic rings. The zero-order valence-corrected chi connectivity index (χ0v) is 14.0. The smallest absolute Gasteiger partial charge is 0.120 e. The van der Waals surface area contributed by atoms with Crippen molar-refractivity contribution in [3.63, 3.8) is 0 Å². The van der Waals surface area contributed by atoms with Gasteiger partial charge in [0.1, 0.15) is 5.75 Å². The van der Waals surface area contributed by atoms with E-state index in [-0.39, 0.29) is 17.6 Å². The predicted molar refractivity (Wildman–Crippen MR) is 86.8 cm³/mol. The lowest BCUT2D eigenvalue weighted by Gasteiger charge is -2.36. The monoisotopic (exact) mass is 291 g/mol. The van der Waals surface area contributed by atoms with E-state index in [2.05, 4.69) is 51.2 Å². The largest absolute Gasteiger partial charge is 0.490 e. The predicted octanol–water partition coefficient (Wildman–Crippen LogP) is 3.94. The molecule has 0 aromatic heterocycles. The summed E-state index contributed by atoms with van der Waals surface area (Å²) < 4.78 is 11.7. The van der Waals surface area contributed by atoms with Gasteiger partial charge in [-0.2, -0.15) is 0 Å². The third-order valence-electron chi connectivity index (χ3n) is 3.88. The maximum absolute atomic E-state index is 5.92. The van der Waals surface area contributed by atoms with Gasteiger partial charge >= 0.3 is 0 Å². The summed E-state index contributed by atoms with van der Waals surface area (Å²) >= 11 is 0. The van der Waals surface area contributed by atoms with E-state index in [1.54, 1.807) is 7.11 Å². The van der Waals surface area contributed by atoms with Gasteiger partial charge in [0.05, 0.1) is 18.2 Å². The quantitative estimate of drug-likeness (QED) is 0.825. The molecule has 0 amide bonds. The standard InChI is InChI=1S/C18H29NO2/c1-6-19-16(17(20-5)18(2,3)4)13-8-7-9-15(12-13)21-14-10-11-14/h7-9,12,14,16-17,19H,6,10-11H2,1-5H3. The zero-order valence-electron chi connectivity index (χ0n) is 14.0. The van der Waals surface area contributed by atoms with Gasteiger partial charge in [-0.3, -0.25) is 0 Å². The Morgan fingerprint density at radius 2 is 2.00 bits per heavy atom. The first-order valence-corrected chi connectivity index (χ1v) is 7.98. The SMILES string of the molecule is CCNC(c1cccc(OC2CC2)c1)C(OC)C(C)(C)C. The lowest BCUT2D eigenvalue weighted by molar-refractivity contribution is -0.0116. The van der Waals surface area contributed by atoms with Gasteiger partial charge in [0, 0.05) is 7.11 Å². The van der Waals surface area contributed by atoms with Gasteiger partial charge in [0.2, 0.25) is 0 Å². The minimum absolute atomic E-state index is 0.0644. The Kier molecular flexibility index (Phi) is 5.28. The Bertz CT molecular complexity index is 449. The summed E-state index contributed by atoms with van der Waals surface area (Å²) in [5, 5.41) is 3.57. The van der Waals surface area contributed by atoms with Crippen LogP contribution in [0.15, 0.2) is 24.3 Å². The number of ether oxygens (including phenoxy) is 2. The molecule has 1 aliphatic carbocycles. The van der Waals surface area contributed by atoms with Crippen LogP contribution in [0.1, 0.15) is 52.1 Å². The Morgan fingerprint density at radius 3 is 2.52 bits per heavy atom. The molecule has 0 aliphatic heterocycles. The normalized spacial score (nSPS) is 18.3. The van der Waals surface area contributed by atoms with Gasteiger partial charge in [-0.1, -0.05) is 39.8 Å². The van der Waals surface area contributed by atoms with Crippen LogP contribution in [0.25, 0.3) is 0 Å². The highest BCUT2D eigenvalue weighted by Gasteiger charge is 2.33. The van der Waals surface area contributed by atoms with Crippen LogP contribution in [0, 0.1) is 5.41 Å². The van der Waals surface area contributed by atoms with Crippen LogP contribution >= 0.6 is 0 Å². The van der Waals surface area contributed by atoms with Crippen LogP contribution in [-0.4, -0.2) is 25.9 Å². The van der Waals surface area contributed by atoms with Gasteiger partial charge in [0.25, 0.3) is 0 Å². The second kappa shape index (κ2) is 6.80. The molecule has 0 bridgehead atoms. The maximum Gasteiger partial charge on any atom is 0.120 e. The van der Waals surface area contributed by atoms with Crippen LogP contribution < -0.4 is 10.1 Å². The van der Waals surface area contributed by atoms with Crippen LogP contribution in [0.4, 0.5) is 0 Å². The molecule has 3 nitrogen and oxygen atoms in total. The third-order valence-corrected chi connectivity index (χ3v) is 3.88. The van der Waals surface area contributed by atoms with Gasteiger partial charge in [0.15, 0.2) is 0 Å². The molecule has 2 rings (SSSR count). The number of hydrogen-bond donors (Lipinski definition) is 1. The van der Waals surface area contributed by atoms with E-state index in [1.165, 1.54) is 18.4 Å². The lowest BCUT2D eigenvalue weighted by Crippen LogP contribution is -2.41. The van der Waals surface area contributed by atoms with Crippen molar-refractivity contribution in [1.29, 1.82) is 0 Å². The minimum Gasteiger partial charge on any atom is -0.490 e. The number of methoxy groups -OCH3 is 1. The second-order valence-corrected chi connectivity index (χ2v) is 6.95. The number of nitrogens with one attached hydrogen (secondary N) is 1. The summed E-state index contributed by atoms with van der Waals surface area (Å²) in [7, 11) is 1.80. The first-order chi connectivity index (χ1) is 9.95. The molecule has 0 spiro atoms. The average Bonchev–Trinajstić information content (AvgIpc) is 3.21. The molecule has 1 saturated carbocycles. The Hall–Kier alpha value is -1.06. The van der Waals surface area contributed by atoms with Gasteiger partial charge in [-0.05, 0) is 42.5 Å². The van der Waals surface area contributed by atoms with Gasteiger partial charge in [-0.15, -0.1) is 0 Å². The van der Waals surface area contributed by atoms with Crippen LogP contribution in [0.5, 0.6) is 5.75 Å². The van der Waals surface area contributed by atoms with Gasteiger partial charge < -0.3 is 14.8 Å². The number of rotatable bonds is 7. The molecule has 3 heteroatoms. The molecule has 0 radical (unpaired) electrons. The van der Waals surface area contributed by atoms with Crippen molar-refractivity contribution < 1.29 is 9.47 Å². The molecule has 21 heavy (non-hydrogen) atoms. The highest BCUT2D eigenvalue weighted by Crippen LogP contribution is 2.34.